The Kier molecular flexibility index (Phi) is 6.99. The summed E-state index contributed by atoms with van der Waals surface area (Å²) < 4.78 is 2.17. The van der Waals surface area contributed by atoms with E-state index in [0.717, 1.165) is 55.7 Å². The highest BCUT2D eigenvalue weighted by Crippen LogP contribution is 2.18. The topological polar surface area (TPSA) is 63.1 Å². The van der Waals surface area contributed by atoms with E-state index in [1.54, 1.807) is 0 Å². The van der Waals surface area contributed by atoms with Crippen molar-refractivity contribution in [1.29, 1.82) is 0 Å². The third kappa shape index (κ3) is 5.71. The van der Waals surface area contributed by atoms with E-state index < -0.39 is 0 Å². The maximum absolute atomic E-state index is 12.5. The van der Waals surface area contributed by atoms with Crippen LogP contribution >= 0.6 is 11.6 Å². The molecule has 31 heavy (non-hydrogen) atoms. The molecule has 1 aliphatic rings. The molecule has 1 atom stereocenters. The number of fused-ring (bicyclic) bond motifs is 1. The zero-order chi connectivity index (χ0) is 21.6. The van der Waals surface area contributed by atoms with Crippen molar-refractivity contribution in [2.24, 2.45) is 0 Å². The number of carbonyl (C=O) groups is 1. The first-order valence-corrected chi connectivity index (χ1v) is 11.2. The van der Waals surface area contributed by atoms with Crippen molar-refractivity contribution in [2.75, 3.05) is 13.1 Å². The largest absolute Gasteiger partial charge is 0.346 e. The Morgan fingerprint density at radius 2 is 1.87 bits per heavy atom. The molecule has 0 unspecified atom stereocenters. The van der Waals surface area contributed by atoms with Crippen LogP contribution in [-0.2, 0) is 30.7 Å². The van der Waals surface area contributed by atoms with Crippen molar-refractivity contribution >= 4 is 17.5 Å². The van der Waals surface area contributed by atoms with Crippen molar-refractivity contribution in [3.05, 3.63) is 82.4 Å². The van der Waals surface area contributed by atoms with Crippen LogP contribution in [0.5, 0.6) is 0 Å². The predicted molar refractivity (Wildman–Crippen MR) is 122 cm³/mol. The van der Waals surface area contributed by atoms with Gasteiger partial charge in [0.25, 0.3) is 0 Å². The SMILES string of the molecule is C[C@H](NC(=O)CCc1ccccc1)c1nnc2n1CCN(Cc1cccc(Cl)c1)CC2. The number of aryl methyl sites for hydroxylation is 1. The molecule has 2 heterocycles. The molecule has 162 valence electrons. The zero-order valence-electron chi connectivity index (χ0n) is 17.8. The molecule has 0 fully saturated rings. The van der Waals surface area contributed by atoms with Crippen LogP contribution in [0.3, 0.4) is 0 Å². The fraction of sp³-hybridized carbons (Fsp3) is 0.375. The van der Waals surface area contributed by atoms with Crippen molar-refractivity contribution in [1.82, 2.24) is 25.0 Å². The van der Waals surface area contributed by atoms with Gasteiger partial charge >= 0.3 is 0 Å². The molecule has 3 aromatic rings. The third-order valence-corrected chi connectivity index (χ3v) is 5.93. The van der Waals surface area contributed by atoms with E-state index in [2.05, 4.69) is 31.0 Å². The molecule has 2 aromatic carbocycles. The van der Waals surface area contributed by atoms with Crippen LogP contribution in [0.1, 0.15) is 42.2 Å². The van der Waals surface area contributed by atoms with Crippen LogP contribution in [0.15, 0.2) is 54.6 Å². The van der Waals surface area contributed by atoms with Gasteiger partial charge in [-0.1, -0.05) is 54.1 Å². The first kappa shape index (κ1) is 21.5. The Balaban J connectivity index is 1.33. The van der Waals surface area contributed by atoms with E-state index >= 15 is 0 Å². The Hall–Kier alpha value is -2.70. The number of nitrogens with zero attached hydrogens (tertiary/aromatic N) is 4. The molecule has 7 heteroatoms. The van der Waals surface area contributed by atoms with Gasteiger partial charge in [0.2, 0.25) is 5.91 Å². The van der Waals surface area contributed by atoms with Gasteiger partial charge in [-0.05, 0) is 36.6 Å². The minimum Gasteiger partial charge on any atom is -0.346 e. The summed E-state index contributed by atoms with van der Waals surface area (Å²) in [6.07, 6.45) is 2.03. The molecule has 4 rings (SSSR count). The van der Waals surface area contributed by atoms with Crippen molar-refractivity contribution in [3.63, 3.8) is 0 Å². The Bertz CT molecular complexity index is 1020. The van der Waals surface area contributed by atoms with Gasteiger partial charge in [0.1, 0.15) is 5.82 Å². The fourth-order valence-electron chi connectivity index (χ4n) is 4.04. The molecule has 1 amide bonds. The first-order valence-electron chi connectivity index (χ1n) is 10.8. The lowest BCUT2D eigenvalue weighted by Gasteiger charge is -2.20. The molecule has 0 bridgehead atoms. The molecule has 0 radical (unpaired) electrons. The van der Waals surface area contributed by atoms with Gasteiger partial charge in [-0.2, -0.15) is 0 Å². The Labute approximate surface area is 188 Å². The van der Waals surface area contributed by atoms with Gasteiger partial charge in [-0.25, -0.2) is 0 Å². The molecular weight excluding hydrogens is 410 g/mol. The van der Waals surface area contributed by atoms with Gasteiger partial charge in [-0.15, -0.1) is 10.2 Å². The standard InChI is InChI=1S/C24H28ClN5O/c1-18(26-23(31)11-10-19-6-3-2-4-7-19)24-28-27-22-12-13-29(14-15-30(22)24)17-20-8-5-9-21(25)16-20/h2-9,16,18H,10-15,17H2,1H3,(H,26,31)/t18-/m0/s1. The van der Waals surface area contributed by atoms with E-state index in [4.69, 9.17) is 11.6 Å². The highest BCUT2D eigenvalue weighted by Gasteiger charge is 2.22. The summed E-state index contributed by atoms with van der Waals surface area (Å²) >= 11 is 6.13. The number of amides is 1. The summed E-state index contributed by atoms with van der Waals surface area (Å²) in [7, 11) is 0. The lowest BCUT2D eigenvalue weighted by Crippen LogP contribution is -2.30. The second-order valence-corrected chi connectivity index (χ2v) is 8.49. The molecule has 0 saturated heterocycles. The van der Waals surface area contributed by atoms with Gasteiger partial charge in [0, 0.05) is 44.0 Å². The number of nitrogens with one attached hydrogen (secondary N) is 1. The average molecular weight is 438 g/mol. The highest BCUT2D eigenvalue weighted by molar-refractivity contribution is 6.30. The van der Waals surface area contributed by atoms with Crippen LogP contribution in [0.4, 0.5) is 0 Å². The first-order chi connectivity index (χ1) is 15.1. The van der Waals surface area contributed by atoms with Gasteiger partial charge in [0.15, 0.2) is 5.82 Å². The summed E-state index contributed by atoms with van der Waals surface area (Å²) in [5.74, 6) is 1.84. The van der Waals surface area contributed by atoms with Crippen LogP contribution in [0.2, 0.25) is 5.02 Å². The number of halogens is 1. The van der Waals surface area contributed by atoms with Crippen LogP contribution in [-0.4, -0.2) is 38.7 Å². The second-order valence-electron chi connectivity index (χ2n) is 8.06. The summed E-state index contributed by atoms with van der Waals surface area (Å²) in [6.45, 7) is 5.47. The maximum atomic E-state index is 12.5. The fourth-order valence-corrected chi connectivity index (χ4v) is 4.25. The number of carbonyl (C=O) groups excluding carboxylic acids is 1. The van der Waals surface area contributed by atoms with Crippen molar-refractivity contribution in [2.45, 2.75) is 45.3 Å². The smallest absolute Gasteiger partial charge is 0.220 e. The molecule has 1 N–H and O–H groups in total. The number of aromatic nitrogens is 3. The van der Waals surface area contributed by atoms with Crippen LogP contribution < -0.4 is 5.32 Å². The lowest BCUT2D eigenvalue weighted by molar-refractivity contribution is -0.121. The minimum atomic E-state index is -0.177. The summed E-state index contributed by atoms with van der Waals surface area (Å²) in [5.41, 5.74) is 2.38. The number of hydrogen-bond donors (Lipinski definition) is 1. The molecule has 0 saturated carbocycles. The number of hydrogen-bond acceptors (Lipinski definition) is 4. The molecule has 0 spiro atoms. The highest BCUT2D eigenvalue weighted by atomic mass is 35.5. The summed E-state index contributed by atoms with van der Waals surface area (Å²) in [6, 6.07) is 17.9. The van der Waals surface area contributed by atoms with Gasteiger partial charge < -0.3 is 9.88 Å². The molecule has 6 nitrogen and oxygen atoms in total. The van der Waals surface area contributed by atoms with E-state index in [1.165, 1.54) is 11.1 Å². The number of benzene rings is 2. The van der Waals surface area contributed by atoms with Crippen molar-refractivity contribution < 1.29 is 4.79 Å². The molecular formula is C24H28ClN5O. The lowest BCUT2D eigenvalue weighted by atomic mass is 10.1. The van der Waals surface area contributed by atoms with Gasteiger partial charge in [0.05, 0.1) is 6.04 Å². The molecule has 1 aliphatic heterocycles. The summed E-state index contributed by atoms with van der Waals surface area (Å²) in [4.78, 5) is 14.9. The molecule has 1 aromatic heterocycles. The van der Waals surface area contributed by atoms with Crippen LogP contribution in [0.25, 0.3) is 0 Å². The Morgan fingerprint density at radius 3 is 2.68 bits per heavy atom. The monoisotopic (exact) mass is 437 g/mol. The molecule has 0 aliphatic carbocycles. The van der Waals surface area contributed by atoms with Crippen LogP contribution in [0, 0.1) is 0 Å². The van der Waals surface area contributed by atoms with Gasteiger partial charge in [-0.3, -0.25) is 9.69 Å². The van der Waals surface area contributed by atoms with E-state index in [9.17, 15) is 4.79 Å². The van der Waals surface area contributed by atoms with Crippen molar-refractivity contribution in [3.8, 4) is 0 Å². The normalized spacial score (nSPS) is 15.2. The van der Waals surface area contributed by atoms with E-state index in [0.29, 0.717) is 6.42 Å². The zero-order valence-corrected chi connectivity index (χ0v) is 18.6. The Morgan fingerprint density at radius 1 is 1.06 bits per heavy atom. The average Bonchev–Trinajstić information content (AvgIpc) is 3.08. The predicted octanol–water partition coefficient (Wildman–Crippen LogP) is 3.80. The maximum Gasteiger partial charge on any atom is 0.220 e. The quantitative estimate of drug-likeness (QED) is 0.610. The summed E-state index contributed by atoms with van der Waals surface area (Å²) in [5, 5.41) is 12.7. The van der Waals surface area contributed by atoms with E-state index in [-0.39, 0.29) is 11.9 Å². The van der Waals surface area contributed by atoms with E-state index in [1.807, 2.05) is 55.5 Å². The third-order valence-electron chi connectivity index (χ3n) is 5.69. The minimum absolute atomic E-state index is 0.0323. The number of rotatable bonds is 7. The second kappa shape index (κ2) is 10.1.